The molecule has 76 valence electrons. The molecule has 0 aliphatic rings. The topological polar surface area (TPSA) is 46.5 Å². The average molecular weight is 212 g/mol. The van der Waals surface area contributed by atoms with Gasteiger partial charge in [0.1, 0.15) is 0 Å². The van der Waals surface area contributed by atoms with Crippen LogP contribution in [-0.4, -0.2) is 24.0 Å². The summed E-state index contributed by atoms with van der Waals surface area (Å²) in [5, 5.41) is 9.56. The van der Waals surface area contributed by atoms with Crippen molar-refractivity contribution in [2.45, 2.75) is 26.9 Å². The summed E-state index contributed by atoms with van der Waals surface area (Å²) >= 11 is 1.27. The van der Waals surface area contributed by atoms with Gasteiger partial charge in [0.25, 0.3) is 0 Å². The zero-order valence-corrected chi connectivity index (χ0v) is 9.30. The second-order valence-electron chi connectivity index (χ2n) is 3.30. The number of thiophene rings is 1. The standard InChI is InChI=1S/C9H13BO3S/c1-6(2)13-10(12)9-5-4-8(14-9)7(3)11/h4-6,12H,1-3H3. The van der Waals surface area contributed by atoms with Crippen LogP contribution in [0, 0.1) is 0 Å². The highest BCUT2D eigenvalue weighted by molar-refractivity contribution is 7.23. The normalized spacial score (nSPS) is 10.6. The van der Waals surface area contributed by atoms with E-state index in [4.69, 9.17) is 4.65 Å². The average Bonchev–Trinajstić information content (AvgIpc) is 2.50. The monoisotopic (exact) mass is 212 g/mol. The van der Waals surface area contributed by atoms with Crippen LogP contribution in [-0.2, 0) is 4.65 Å². The molecule has 1 aromatic heterocycles. The summed E-state index contributed by atoms with van der Waals surface area (Å²) in [4.78, 5) is 11.6. The fraction of sp³-hybridized carbons (Fsp3) is 0.444. The van der Waals surface area contributed by atoms with Gasteiger partial charge >= 0.3 is 7.12 Å². The van der Waals surface area contributed by atoms with Crippen LogP contribution in [0.4, 0.5) is 0 Å². The van der Waals surface area contributed by atoms with Gasteiger partial charge in [0.15, 0.2) is 5.78 Å². The van der Waals surface area contributed by atoms with Gasteiger partial charge in [0.05, 0.1) is 4.88 Å². The molecule has 1 rings (SSSR count). The summed E-state index contributed by atoms with van der Waals surface area (Å²) in [6, 6.07) is 3.42. The van der Waals surface area contributed by atoms with Crippen LogP contribution in [0.3, 0.4) is 0 Å². The Bertz CT molecular complexity index is 322. The van der Waals surface area contributed by atoms with Gasteiger partial charge in [-0.05, 0) is 26.8 Å². The molecular weight excluding hydrogens is 199 g/mol. The lowest BCUT2D eigenvalue weighted by molar-refractivity contribution is 0.102. The molecule has 1 aromatic rings. The van der Waals surface area contributed by atoms with Gasteiger partial charge < -0.3 is 9.68 Å². The van der Waals surface area contributed by atoms with Crippen molar-refractivity contribution in [3.63, 3.8) is 0 Å². The first kappa shape index (κ1) is 11.4. The molecule has 0 atom stereocenters. The minimum Gasteiger partial charge on any atom is -0.423 e. The van der Waals surface area contributed by atoms with E-state index < -0.39 is 7.12 Å². The van der Waals surface area contributed by atoms with Crippen molar-refractivity contribution in [1.82, 2.24) is 0 Å². The van der Waals surface area contributed by atoms with Crippen LogP contribution in [0.1, 0.15) is 30.4 Å². The quantitative estimate of drug-likeness (QED) is 0.599. The van der Waals surface area contributed by atoms with E-state index in [1.54, 1.807) is 12.1 Å². The molecule has 14 heavy (non-hydrogen) atoms. The Kier molecular flexibility index (Phi) is 3.86. The SMILES string of the molecule is CC(=O)c1ccc(B(O)OC(C)C)s1. The smallest absolute Gasteiger partial charge is 0.423 e. The molecule has 0 fully saturated rings. The first-order chi connectivity index (χ1) is 6.50. The van der Waals surface area contributed by atoms with Crippen molar-refractivity contribution in [3.05, 3.63) is 17.0 Å². The number of rotatable bonds is 4. The van der Waals surface area contributed by atoms with Crippen molar-refractivity contribution in [2.75, 3.05) is 0 Å². The fourth-order valence-electron chi connectivity index (χ4n) is 1.000. The van der Waals surface area contributed by atoms with Crippen LogP contribution < -0.4 is 4.78 Å². The van der Waals surface area contributed by atoms with Crippen LogP contribution >= 0.6 is 11.3 Å². The molecule has 3 nitrogen and oxygen atoms in total. The molecular formula is C9H13BO3S. The summed E-state index contributed by atoms with van der Waals surface area (Å²) < 4.78 is 5.85. The first-order valence-corrected chi connectivity index (χ1v) is 5.26. The van der Waals surface area contributed by atoms with Gasteiger partial charge in [-0.1, -0.05) is 6.07 Å². The number of Topliss-reactive ketones (excluding diaryl/α,β-unsaturated/α-hetero) is 1. The molecule has 0 aliphatic carbocycles. The molecule has 5 heteroatoms. The molecule has 1 heterocycles. The van der Waals surface area contributed by atoms with E-state index in [1.807, 2.05) is 13.8 Å². The summed E-state index contributed by atoms with van der Waals surface area (Å²) in [5.41, 5.74) is 0. The largest absolute Gasteiger partial charge is 0.501 e. The Morgan fingerprint density at radius 1 is 1.57 bits per heavy atom. The lowest BCUT2D eigenvalue weighted by atomic mass is 9.88. The molecule has 0 saturated heterocycles. The maximum absolute atomic E-state index is 11.0. The van der Waals surface area contributed by atoms with Gasteiger partial charge in [0, 0.05) is 10.9 Å². The lowest BCUT2D eigenvalue weighted by Crippen LogP contribution is -2.33. The van der Waals surface area contributed by atoms with Crippen molar-refractivity contribution < 1.29 is 14.5 Å². The Hall–Kier alpha value is -0.645. The molecule has 0 unspecified atom stereocenters. The van der Waals surface area contributed by atoms with E-state index >= 15 is 0 Å². The maximum Gasteiger partial charge on any atom is 0.501 e. The van der Waals surface area contributed by atoms with Crippen LogP contribution in [0.15, 0.2) is 12.1 Å². The summed E-state index contributed by atoms with van der Waals surface area (Å²) in [6.45, 7) is 5.21. The van der Waals surface area contributed by atoms with E-state index in [0.29, 0.717) is 9.65 Å². The Balaban J connectivity index is 2.71. The number of carbonyl (C=O) groups excluding carboxylic acids is 1. The third-order valence-electron chi connectivity index (χ3n) is 1.62. The predicted molar refractivity (Wildman–Crippen MR) is 58.2 cm³/mol. The molecule has 0 radical (unpaired) electrons. The minimum atomic E-state index is -0.923. The lowest BCUT2D eigenvalue weighted by Gasteiger charge is -2.08. The van der Waals surface area contributed by atoms with E-state index in [9.17, 15) is 9.82 Å². The predicted octanol–water partition coefficient (Wildman–Crippen LogP) is 1.06. The molecule has 0 spiro atoms. The Morgan fingerprint density at radius 2 is 2.21 bits per heavy atom. The number of ketones is 1. The van der Waals surface area contributed by atoms with E-state index in [1.165, 1.54) is 18.3 Å². The van der Waals surface area contributed by atoms with Crippen LogP contribution in [0.2, 0.25) is 0 Å². The molecule has 0 bridgehead atoms. The van der Waals surface area contributed by atoms with E-state index in [-0.39, 0.29) is 11.9 Å². The molecule has 0 saturated carbocycles. The zero-order chi connectivity index (χ0) is 10.7. The van der Waals surface area contributed by atoms with Crippen LogP contribution in [0.5, 0.6) is 0 Å². The number of carbonyl (C=O) groups is 1. The van der Waals surface area contributed by atoms with Gasteiger partial charge in [0.2, 0.25) is 0 Å². The third-order valence-corrected chi connectivity index (χ3v) is 2.84. The molecule has 0 amide bonds. The van der Waals surface area contributed by atoms with E-state index in [2.05, 4.69) is 0 Å². The highest BCUT2D eigenvalue weighted by Crippen LogP contribution is 2.08. The zero-order valence-electron chi connectivity index (χ0n) is 8.48. The second kappa shape index (κ2) is 4.73. The van der Waals surface area contributed by atoms with Gasteiger partial charge in [-0.15, -0.1) is 11.3 Å². The van der Waals surface area contributed by atoms with Gasteiger partial charge in [-0.25, -0.2) is 0 Å². The highest BCUT2D eigenvalue weighted by Gasteiger charge is 2.20. The van der Waals surface area contributed by atoms with E-state index in [0.717, 1.165) is 0 Å². The summed E-state index contributed by atoms with van der Waals surface area (Å²) in [7, 11) is -0.923. The summed E-state index contributed by atoms with van der Waals surface area (Å²) in [5.74, 6) is 0.0120. The third kappa shape index (κ3) is 2.94. The Morgan fingerprint density at radius 3 is 2.64 bits per heavy atom. The molecule has 0 aromatic carbocycles. The Labute approximate surface area is 87.9 Å². The highest BCUT2D eigenvalue weighted by atomic mass is 32.1. The minimum absolute atomic E-state index is 0.0120. The fourth-order valence-corrected chi connectivity index (χ4v) is 1.83. The molecule has 0 aliphatic heterocycles. The second-order valence-corrected chi connectivity index (χ2v) is 4.41. The van der Waals surface area contributed by atoms with Crippen LogP contribution in [0.25, 0.3) is 0 Å². The van der Waals surface area contributed by atoms with Crippen molar-refractivity contribution in [3.8, 4) is 0 Å². The van der Waals surface area contributed by atoms with Gasteiger partial charge in [-0.2, -0.15) is 0 Å². The maximum atomic E-state index is 11.0. The van der Waals surface area contributed by atoms with Crippen molar-refractivity contribution in [1.29, 1.82) is 0 Å². The van der Waals surface area contributed by atoms with Crippen molar-refractivity contribution in [2.24, 2.45) is 0 Å². The first-order valence-electron chi connectivity index (χ1n) is 4.45. The molecule has 1 N–H and O–H groups in total. The number of hydrogen-bond donors (Lipinski definition) is 1. The summed E-state index contributed by atoms with van der Waals surface area (Å²) in [6.07, 6.45) is -0.0344. The van der Waals surface area contributed by atoms with Crippen molar-refractivity contribution >= 4 is 29.0 Å². The number of hydrogen-bond acceptors (Lipinski definition) is 4. The van der Waals surface area contributed by atoms with Gasteiger partial charge in [-0.3, -0.25) is 4.79 Å².